The molecule has 2 heterocycles. The Morgan fingerprint density at radius 3 is 2.75 bits per heavy atom. The lowest BCUT2D eigenvalue weighted by atomic mass is 9.96. The monoisotopic (exact) mass is 493 g/mol. The normalized spacial score (nSPS) is 11.7. The summed E-state index contributed by atoms with van der Waals surface area (Å²) in [4.78, 5) is 12.5. The molecule has 4 rings (SSSR count). The van der Waals surface area contributed by atoms with Gasteiger partial charge in [0, 0.05) is 32.6 Å². The second-order valence-corrected chi connectivity index (χ2v) is 8.39. The maximum absolute atomic E-state index is 12.5. The molecule has 0 aliphatic rings. The van der Waals surface area contributed by atoms with Gasteiger partial charge < -0.3 is 18.9 Å². The Bertz CT molecular complexity index is 1280. The molecule has 2 aromatic heterocycles. The molecule has 0 aliphatic heterocycles. The number of aryl methyl sites for hydroxylation is 1. The van der Waals surface area contributed by atoms with Crippen LogP contribution in [-0.4, -0.2) is 12.5 Å². The van der Waals surface area contributed by atoms with Gasteiger partial charge in [0.05, 0.1) is 25.7 Å². The summed E-state index contributed by atoms with van der Waals surface area (Å²) in [7, 11) is 0. The molecular formula is C26H24BrNO4. The number of allylic oxidation sites excluding steroid dienone is 1. The third-order valence-electron chi connectivity index (χ3n) is 5.26. The first-order valence-corrected chi connectivity index (χ1v) is 11.2. The van der Waals surface area contributed by atoms with Crippen LogP contribution >= 0.6 is 15.9 Å². The molecule has 164 valence electrons. The standard InChI is InChI=1S/C26H24BrNO4/c1-4-30-25-17(3)26-22(23(15-32-26)18-7-5-8-19(27)12-18)13-21(25)16(2)11-24(29)28-14-20-9-6-10-31-20/h5-13,15H,4,14H2,1-3H3,(H,28,29)/b16-11+. The van der Waals surface area contributed by atoms with E-state index in [0.29, 0.717) is 18.9 Å². The van der Waals surface area contributed by atoms with Crippen molar-refractivity contribution in [2.45, 2.75) is 27.3 Å². The first kappa shape index (κ1) is 22.0. The lowest BCUT2D eigenvalue weighted by Gasteiger charge is -2.15. The zero-order valence-corrected chi connectivity index (χ0v) is 19.8. The zero-order chi connectivity index (χ0) is 22.7. The van der Waals surface area contributed by atoms with Crippen LogP contribution in [0.3, 0.4) is 0 Å². The number of carbonyl (C=O) groups excluding carboxylic acids is 1. The fourth-order valence-electron chi connectivity index (χ4n) is 3.73. The summed E-state index contributed by atoms with van der Waals surface area (Å²) in [5.74, 6) is 1.23. The molecule has 0 atom stereocenters. The van der Waals surface area contributed by atoms with Gasteiger partial charge in [-0.25, -0.2) is 0 Å². The van der Waals surface area contributed by atoms with Gasteiger partial charge in [0.2, 0.25) is 5.91 Å². The van der Waals surface area contributed by atoms with Gasteiger partial charge in [-0.1, -0.05) is 28.1 Å². The number of carbonyl (C=O) groups is 1. The Balaban J connectivity index is 1.75. The predicted octanol–water partition coefficient (Wildman–Crippen LogP) is 6.88. The highest BCUT2D eigenvalue weighted by Gasteiger charge is 2.19. The van der Waals surface area contributed by atoms with Crippen LogP contribution in [0.2, 0.25) is 0 Å². The van der Waals surface area contributed by atoms with E-state index in [-0.39, 0.29) is 5.91 Å². The van der Waals surface area contributed by atoms with Gasteiger partial charge in [0.15, 0.2) is 0 Å². The molecule has 5 nitrogen and oxygen atoms in total. The number of benzene rings is 2. The van der Waals surface area contributed by atoms with Crippen molar-refractivity contribution in [1.29, 1.82) is 0 Å². The number of rotatable bonds is 7. The molecule has 0 bridgehead atoms. The largest absolute Gasteiger partial charge is 0.493 e. The van der Waals surface area contributed by atoms with Crippen LogP contribution in [0.25, 0.3) is 27.7 Å². The molecule has 1 amide bonds. The van der Waals surface area contributed by atoms with Gasteiger partial charge in [-0.05, 0) is 62.2 Å². The average Bonchev–Trinajstić information content (AvgIpc) is 3.44. The van der Waals surface area contributed by atoms with Crippen LogP contribution in [0, 0.1) is 6.92 Å². The van der Waals surface area contributed by atoms with E-state index in [1.54, 1.807) is 24.7 Å². The summed E-state index contributed by atoms with van der Waals surface area (Å²) in [6.45, 7) is 6.68. The number of nitrogens with one attached hydrogen (secondary N) is 1. The molecule has 0 saturated carbocycles. The highest BCUT2D eigenvalue weighted by atomic mass is 79.9. The van der Waals surface area contributed by atoms with E-state index < -0.39 is 0 Å². The van der Waals surface area contributed by atoms with Crippen molar-refractivity contribution in [3.8, 4) is 16.9 Å². The van der Waals surface area contributed by atoms with E-state index in [4.69, 9.17) is 13.6 Å². The molecule has 0 saturated heterocycles. The number of halogens is 1. The van der Waals surface area contributed by atoms with E-state index in [9.17, 15) is 4.79 Å². The lowest BCUT2D eigenvalue weighted by Crippen LogP contribution is -2.20. The van der Waals surface area contributed by atoms with Crippen molar-refractivity contribution in [3.63, 3.8) is 0 Å². The lowest BCUT2D eigenvalue weighted by molar-refractivity contribution is -0.116. The van der Waals surface area contributed by atoms with Gasteiger partial charge in [-0.15, -0.1) is 0 Å². The number of amides is 1. The summed E-state index contributed by atoms with van der Waals surface area (Å²) in [5, 5.41) is 3.83. The summed E-state index contributed by atoms with van der Waals surface area (Å²) in [6.07, 6.45) is 4.95. The predicted molar refractivity (Wildman–Crippen MR) is 129 cm³/mol. The van der Waals surface area contributed by atoms with Crippen LogP contribution in [-0.2, 0) is 11.3 Å². The highest BCUT2D eigenvalue weighted by Crippen LogP contribution is 2.41. The minimum Gasteiger partial charge on any atom is -0.493 e. The molecular weight excluding hydrogens is 470 g/mol. The molecule has 32 heavy (non-hydrogen) atoms. The quantitative estimate of drug-likeness (QED) is 0.285. The third kappa shape index (κ3) is 4.50. The van der Waals surface area contributed by atoms with E-state index in [1.165, 1.54) is 0 Å². The minimum absolute atomic E-state index is 0.196. The molecule has 0 spiro atoms. The van der Waals surface area contributed by atoms with Crippen molar-refractivity contribution >= 4 is 38.4 Å². The van der Waals surface area contributed by atoms with Crippen molar-refractivity contribution in [3.05, 3.63) is 82.4 Å². The maximum Gasteiger partial charge on any atom is 0.244 e. The molecule has 6 heteroatoms. The van der Waals surface area contributed by atoms with Gasteiger partial charge in [0.1, 0.15) is 17.1 Å². The number of furan rings is 2. The van der Waals surface area contributed by atoms with Gasteiger partial charge in [-0.3, -0.25) is 4.79 Å². The van der Waals surface area contributed by atoms with Gasteiger partial charge in [0.25, 0.3) is 0 Å². The second kappa shape index (κ2) is 9.49. The number of hydrogen-bond donors (Lipinski definition) is 1. The Labute approximate surface area is 195 Å². The first-order chi connectivity index (χ1) is 15.5. The van der Waals surface area contributed by atoms with Crippen molar-refractivity contribution < 1.29 is 18.4 Å². The van der Waals surface area contributed by atoms with Gasteiger partial charge >= 0.3 is 0 Å². The van der Waals surface area contributed by atoms with E-state index in [0.717, 1.165) is 49.0 Å². The molecule has 0 aliphatic carbocycles. The Morgan fingerprint density at radius 1 is 1.19 bits per heavy atom. The van der Waals surface area contributed by atoms with Crippen molar-refractivity contribution in [2.24, 2.45) is 0 Å². The maximum atomic E-state index is 12.5. The van der Waals surface area contributed by atoms with Crippen LogP contribution in [0.5, 0.6) is 5.75 Å². The Hall–Kier alpha value is -3.25. The number of ether oxygens (including phenoxy) is 1. The average molecular weight is 494 g/mol. The molecule has 4 aromatic rings. The SMILES string of the molecule is CCOc1c(/C(C)=C/C(=O)NCc2ccco2)cc2c(-c3cccc(Br)c3)coc2c1C. The molecule has 2 aromatic carbocycles. The van der Waals surface area contributed by atoms with Crippen LogP contribution in [0.15, 0.2) is 74.4 Å². The molecule has 0 unspecified atom stereocenters. The Morgan fingerprint density at radius 2 is 2.03 bits per heavy atom. The molecule has 0 radical (unpaired) electrons. The van der Waals surface area contributed by atoms with E-state index in [2.05, 4.69) is 27.3 Å². The van der Waals surface area contributed by atoms with Crippen LogP contribution < -0.4 is 10.1 Å². The summed E-state index contributed by atoms with van der Waals surface area (Å²) in [6, 6.07) is 13.7. The Kier molecular flexibility index (Phi) is 6.51. The number of fused-ring (bicyclic) bond motifs is 1. The summed E-state index contributed by atoms with van der Waals surface area (Å²) in [5.41, 5.74) is 5.39. The first-order valence-electron chi connectivity index (χ1n) is 10.4. The minimum atomic E-state index is -0.196. The van der Waals surface area contributed by atoms with Crippen molar-refractivity contribution in [2.75, 3.05) is 6.61 Å². The van der Waals surface area contributed by atoms with Crippen molar-refractivity contribution in [1.82, 2.24) is 5.32 Å². The zero-order valence-electron chi connectivity index (χ0n) is 18.2. The second-order valence-electron chi connectivity index (χ2n) is 7.47. The number of hydrogen-bond acceptors (Lipinski definition) is 4. The van der Waals surface area contributed by atoms with E-state index >= 15 is 0 Å². The summed E-state index contributed by atoms with van der Waals surface area (Å²) >= 11 is 3.54. The van der Waals surface area contributed by atoms with Gasteiger partial charge in [-0.2, -0.15) is 0 Å². The highest BCUT2D eigenvalue weighted by molar-refractivity contribution is 9.10. The summed E-state index contributed by atoms with van der Waals surface area (Å²) < 4.78 is 18.2. The molecule has 0 fully saturated rings. The fraction of sp³-hybridized carbons (Fsp3) is 0.192. The van der Waals surface area contributed by atoms with Crippen LogP contribution in [0.4, 0.5) is 0 Å². The third-order valence-corrected chi connectivity index (χ3v) is 5.75. The smallest absolute Gasteiger partial charge is 0.244 e. The van der Waals surface area contributed by atoms with E-state index in [1.807, 2.05) is 51.1 Å². The van der Waals surface area contributed by atoms with Crippen LogP contribution in [0.1, 0.15) is 30.7 Å². The molecule has 1 N–H and O–H groups in total. The topological polar surface area (TPSA) is 64.6 Å². The fourth-order valence-corrected chi connectivity index (χ4v) is 4.13.